The number of primary amides is 1. The topological polar surface area (TPSA) is 77.2 Å². The van der Waals surface area contributed by atoms with Gasteiger partial charge in [0.2, 0.25) is 0 Å². The molecule has 1 aromatic rings. The Bertz CT molecular complexity index is 360. The lowest BCUT2D eigenvalue weighted by Crippen LogP contribution is -2.36. The second kappa shape index (κ2) is 5.05. The molecule has 1 atom stereocenters. The van der Waals surface area contributed by atoms with Crippen molar-refractivity contribution >= 4 is 5.91 Å². The highest BCUT2D eigenvalue weighted by Crippen LogP contribution is 2.09. The van der Waals surface area contributed by atoms with Gasteiger partial charge < -0.3 is 15.8 Å². The molecule has 16 heavy (non-hydrogen) atoms. The third kappa shape index (κ3) is 2.77. The van der Waals surface area contributed by atoms with E-state index in [-0.39, 0.29) is 0 Å². The van der Waals surface area contributed by atoms with Crippen molar-refractivity contribution in [1.29, 1.82) is 0 Å². The molecule has 0 radical (unpaired) electrons. The minimum atomic E-state index is -0.498. The summed E-state index contributed by atoms with van der Waals surface area (Å²) in [6, 6.07) is 3.49. The number of hydrogen-bond donors (Lipinski definition) is 2. The van der Waals surface area contributed by atoms with Crippen LogP contribution in [-0.2, 0) is 11.3 Å². The van der Waals surface area contributed by atoms with E-state index in [1.807, 2.05) is 6.07 Å². The number of pyridine rings is 1. The van der Waals surface area contributed by atoms with Gasteiger partial charge in [-0.05, 0) is 18.1 Å². The van der Waals surface area contributed by atoms with Crippen LogP contribution in [0.5, 0.6) is 0 Å². The van der Waals surface area contributed by atoms with Gasteiger partial charge in [0.25, 0.3) is 5.91 Å². The molecular weight excluding hydrogens is 206 g/mol. The van der Waals surface area contributed by atoms with Gasteiger partial charge in [0.1, 0.15) is 5.69 Å². The van der Waals surface area contributed by atoms with E-state index in [4.69, 9.17) is 10.5 Å². The van der Waals surface area contributed by atoms with Crippen LogP contribution in [0.3, 0.4) is 0 Å². The molecule has 1 fully saturated rings. The van der Waals surface area contributed by atoms with Crippen LogP contribution >= 0.6 is 0 Å². The first kappa shape index (κ1) is 11.0. The monoisotopic (exact) mass is 221 g/mol. The fourth-order valence-electron chi connectivity index (χ4n) is 1.50. The van der Waals surface area contributed by atoms with Crippen LogP contribution in [0, 0.1) is 0 Å². The molecule has 1 aromatic heterocycles. The van der Waals surface area contributed by atoms with Crippen LogP contribution in [-0.4, -0.2) is 30.1 Å². The van der Waals surface area contributed by atoms with Crippen LogP contribution in [0.15, 0.2) is 18.3 Å². The van der Waals surface area contributed by atoms with Crippen LogP contribution < -0.4 is 11.1 Å². The molecule has 1 saturated heterocycles. The maximum atomic E-state index is 10.8. The average Bonchev–Trinajstić information content (AvgIpc) is 2.22. The molecule has 2 heterocycles. The summed E-state index contributed by atoms with van der Waals surface area (Å²) in [7, 11) is 0. The van der Waals surface area contributed by atoms with Crippen molar-refractivity contribution in [3.8, 4) is 0 Å². The summed E-state index contributed by atoms with van der Waals surface area (Å²) >= 11 is 0. The number of nitrogens with one attached hydrogen (secondary N) is 1. The SMILES string of the molecule is NC(=O)c1ccc(CNC[C@@H]2CCO2)cn1. The molecule has 1 aliphatic heterocycles. The van der Waals surface area contributed by atoms with Crippen molar-refractivity contribution in [3.63, 3.8) is 0 Å². The van der Waals surface area contributed by atoms with Gasteiger partial charge in [-0.15, -0.1) is 0 Å². The zero-order valence-corrected chi connectivity index (χ0v) is 8.98. The Morgan fingerprint density at radius 2 is 2.44 bits per heavy atom. The van der Waals surface area contributed by atoms with Crippen LogP contribution in [0.2, 0.25) is 0 Å². The maximum Gasteiger partial charge on any atom is 0.267 e. The van der Waals surface area contributed by atoms with Crippen molar-refractivity contribution in [3.05, 3.63) is 29.6 Å². The highest BCUT2D eigenvalue weighted by Gasteiger charge is 2.16. The first-order valence-corrected chi connectivity index (χ1v) is 5.33. The van der Waals surface area contributed by atoms with Crippen molar-refractivity contribution in [2.45, 2.75) is 19.1 Å². The predicted molar refractivity (Wildman–Crippen MR) is 58.8 cm³/mol. The Balaban J connectivity index is 1.78. The van der Waals surface area contributed by atoms with Gasteiger partial charge in [0.15, 0.2) is 0 Å². The minimum absolute atomic E-state index is 0.297. The Hall–Kier alpha value is -1.46. The number of nitrogens with two attached hydrogens (primary N) is 1. The summed E-state index contributed by atoms with van der Waals surface area (Å²) in [5, 5.41) is 3.27. The average molecular weight is 221 g/mol. The molecule has 0 saturated carbocycles. The lowest BCUT2D eigenvalue weighted by Gasteiger charge is -2.26. The highest BCUT2D eigenvalue weighted by molar-refractivity contribution is 5.90. The molecule has 0 spiro atoms. The summed E-state index contributed by atoms with van der Waals surface area (Å²) in [5.41, 5.74) is 6.42. The Kier molecular flexibility index (Phi) is 3.48. The van der Waals surface area contributed by atoms with E-state index in [0.717, 1.165) is 31.7 Å². The maximum absolute atomic E-state index is 10.8. The van der Waals surface area contributed by atoms with E-state index in [9.17, 15) is 4.79 Å². The standard InChI is InChI=1S/C11H15N3O2/c12-11(15)10-2-1-8(6-14-10)5-13-7-9-3-4-16-9/h1-2,6,9,13H,3-5,7H2,(H2,12,15)/t9-/m0/s1. The molecule has 0 aromatic carbocycles. The molecule has 5 nitrogen and oxygen atoms in total. The third-order valence-corrected chi connectivity index (χ3v) is 2.57. The van der Waals surface area contributed by atoms with Crippen LogP contribution in [0.25, 0.3) is 0 Å². The van der Waals surface area contributed by atoms with E-state index in [1.54, 1.807) is 12.3 Å². The lowest BCUT2D eigenvalue weighted by atomic mass is 10.2. The first-order chi connectivity index (χ1) is 7.75. The number of rotatable bonds is 5. The zero-order valence-electron chi connectivity index (χ0n) is 8.98. The fraction of sp³-hybridized carbons (Fsp3) is 0.455. The van der Waals surface area contributed by atoms with Gasteiger partial charge in [0.05, 0.1) is 6.10 Å². The Morgan fingerprint density at radius 1 is 1.62 bits per heavy atom. The van der Waals surface area contributed by atoms with E-state index in [2.05, 4.69) is 10.3 Å². The van der Waals surface area contributed by atoms with E-state index >= 15 is 0 Å². The zero-order chi connectivity index (χ0) is 11.4. The van der Waals surface area contributed by atoms with Gasteiger partial charge in [-0.25, -0.2) is 0 Å². The number of carbonyl (C=O) groups is 1. The molecule has 3 N–H and O–H groups in total. The second-order valence-electron chi connectivity index (χ2n) is 3.83. The van der Waals surface area contributed by atoms with E-state index in [0.29, 0.717) is 11.8 Å². The molecule has 0 unspecified atom stereocenters. The number of aromatic nitrogens is 1. The van der Waals surface area contributed by atoms with Crippen molar-refractivity contribution in [2.24, 2.45) is 5.73 Å². The normalized spacial score (nSPS) is 19.1. The summed E-state index contributed by atoms with van der Waals surface area (Å²) < 4.78 is 5.28. The molecule has 1 aliphatic rings. The number of amides is 1. The smallest absolute Gasteiger partial charge is 0.267 e. The molecular formula is C11H15N3O2. The minimum Gasteiger partial charge on any atom is -0.377 e. The molecule has 0 bridgehead atoms. The number of carbonyl (C=O) groups excluding carboxylic acids is 1. The summed E-state index contributed by atoms with van der Waals surface area (Å²) in [5.74, 6) is -0.498. The van der Waals surface area contributed by atoms with Gasteiger partial charge in [-0.3, -0.25) is 9.78 Å². The van der Waals surface area contributed by atoms with Gasteiger partial charge in [-0.1, -0.05) is 6.07 Å². The summed E-state index contributed by atoms with van der Waals surface area (Å²) in [4.78, 5) is 14.8. The Labute approximate surface area is 94.0 Å². The van der Waals surface area contributed by atoms with Crippen molar-refractivity contribution in [2.75, 3.05) is 13.2 Å². The number of nitrogens with zero attached hydrogens (tertiary/aromatic N) is 1. The van der Waals surface area contributed by atoms with E-state index in [1.165, 1.54) is 0 Å². The predicted octanol–water partition coefficient (Wildman–Crippen LogP) is 0.0590. The molecule has 2 rings (SSSR count). The fourth-order valence-corrected chi connectivity index (χ4v) is 1.50. The number of ether oxygens (including phenoxy) is 1. The lowest BCUT2D eigenvalue weighted by molar-refractivity contribution is -0.0484. The largest absolute Gasteiger partial charge is 0.377 e. The van der Waals surface area contributed by atoms with Crippen LogP contribution in [0.4, 0.5) is 0 Å². The van der Waals surface area contributed by atoms with Crippen molar-refractivity contribution < 1.29 is 9.53 Å². The summed E-state index contributed by atoms with van der Waals surface area (Å²) in [6.07, 6.45) is 3.15. The van der Waals surface area contributed by atoms with E-state index < -0.39 is 5.91 Å². The Morgan fingerprint density at radius 3 is 2.94 bits per heavy atom. The molecule has 86 valence electrons. The van der Waals surface area contributed by atoms with Crippen molar-refractivity contribution in [1.82, 2.24) is 10.3 Å². The van der Waals surface area contributed by atoms with Gasteiger partial charge in [-0.2, -0.15) is 0 Å². The molecule has 5 heteroatoms. The van der Waals surface area contributed by atoms with Gasteiger partial charge in [0, 0.05) is 25.9 Å². The van der Waals surface area contributed by atoms with Crippen LogP contribution in [0.1, 0.15) is 22.5 Å². The summed E-state index contributed by atoms with van der Waals surface area (Å²) in [6.45, 7) is 2.46. The highest BCUT2D eigenvalue weighted by atomic mass is 16.5. The second-order valence-corrected chi connectivity index (χ2v) is 3.83. The number of hydrogen-bond acceptors (Lipinski definition) is 4. The third-order valence-electron chi connectivity index (χ3n) is 2.57. The first-order valence-electron chi connectivity index (χ1n) is 5.33. The molecule has 0 aliphatic carbocycles. The quantitative estimate of drug-likeness (QED) is 0.737. The van der Waals surface area contributed by atoms with Gasteiger partial charge >= 0.3 is 0 Å². The molecule has 1 amide bonds.